The van der Waals surface area contributed by atoms with Gasteiger partial charge in [0, 0.05) is 51.3 Å². The molecule has 0 atom stereocenters. The van der Waals surface area contributed by atoms with Gasteiger partial charge in [0.2, 0.25) is 5.92 Å². The lowest BCUT2D eigenvalue weighted by Crippen LogP contribution is -2.51. The Labute approximate surface area is 226 Å². The molecule has 39 heavy (non-hydrogen) atoms. The number of anilines is 2. The van der Waals surface area contributed by atoms with E-state index in [0.717, 1.165) is 25.9 Å². The molecule has 1 amide bonds. The molecule has 2 saturated heterocycles. The van der Waals surface area contributed by atoms with Gasteiger partial charge in [0.1, 0.15) is 5.69 Å². The Balaban J connectivity index is 1.28. The van der Waals surface area contributed by atoms with Crippen molar-refractivity contribution in [2.24, 2.45) is 5.41 Å². The Bertz CT molecular complexity index is 1430. The summed E-state index contributed by atoms with van der Waals surface area (Å²) in [6, 6.07) is 7.41. The number of hydrogen-bond acceptors (Lipinski definition) is 6. The Morgan fingerprint density at radius 3 is 2.31 bits per heavy atom. The van der Waals surface area contributed by atoms with E-state index in [-0.39, 0.29) is 42.3 Å². The molecule has 3 heterocycles. The van der Waals surface area contributed by atoms with Crippen LogP contribution in [0, 0.1) is 5.41 Å². The third-order valence-corrected chi connectivity index (χ3v) is 11.3. The number of halogens is 2. The maximum Gasteiger partial charge on any atom is 0.274 e. The first kappa shape index (κ1) is 26.4. The topological polar surface area (TPSA) is 101 Å². The van der Waals surface area contributed by atoms with Crippen LogP contribution in [0.1, 0.15) is 67.8 Å². The minimum absolute atomic E-state index is 0.0681. The van der Waals surface area contributed by atoms with Gasteiger partial charge in [-0.25, -0.2) is 17.2 Å². The number of piperidine rings is 1. The molecule has 2 N–H and O–H groups in total. The number of nitrogens with one attached hydrogen (secondary N) is 2. The second-order valence-corrected chi connectivity index (χ2v) is 13.9. The fourth-order valence-corrected chi connectivity index (χ4v) is 7.69. The van der Waals surface area contributed by atoms with Gasteiger partial charge in [0.25, 0.3) is 11.5 Å². The number of aromatic nitrogens is 1. The van der Waals surface area contributed by atoms with Crippen molar-refractivity contribution < 1.29 is 22.0 Å². The number of rotatable bonds is 6. The van der Waals surface area contributed by atoms with Crippen LogP contribution in [0.25, 0.3) is 0 Å². The first-order chi connectivity index (χ1) is 18.6. The van der Waals surface area contributed by atoms with Gasteiger partial charge in [-0.1, -0.05) is 0 Å². The van der Waals surface area contributed by atoms with Gasteiger partial charge < -0.3 is 20.1 Å². The zero-order chi connectivity index (χ0) is 27.4. The van der Waals surface area contributed by atoms with Crippen molar-refractivity contribution in [1.82, 2.24) is 9.88 Å². The van der Waals surface area contributed by atoms with Crippen LogP contribution in [0.5, 0.6) is 0 Å². The number of carbonyl (C=O) groups is 1. The number of carbonyl (C=O) groups excluding carboxylic acids is 1. The Kier molecular flexibility index (Phi) is 6.57. The minimum atomic E-state index is -3.54. The summed E-state index contributed by atoms with van der Waals surface area (Å²) in [5.74, 6) is -3.21. The zero-order valence-corrected chi connectivity index (χ0v) is 22.6. The molecule has 2 aromatic rings. The number of alkyl halides is 2. The van der Waals surface area contributed by atoms with Crippen molar-refractivity contribution in [3.05, 3.63) is 52.4 Å². The molecular weight excluding hydrogens is 526 g/mol. The highest BCUT2D eigenvalue weighted by molar-refractivity contribution is 7.92. The summed E-state index contributed by atoms with van der Waals surface area (Å²) >= 11 is 0. The SMILES string of the molecule is O=C(Nc1cccn(C2CCC(F)(F)CC2)c1=O)c1ccc(S(=O)(=O)C2CNC2)cc1N1CCC2(CC1)CC2. The summed E-state index contributed by atoms with van der Waals surface area (Å²) in [6.07, 6.45) is 5.86. The molecule has 1 aromatic carbocycles. The normalized spacial score (nSPS) is 22.9. The summed E-state index contributed by atoms with van der Waals surface area (Å²) in [6.45, 7) is 2.29. The predicted octanol–water partition coefficient (Wildman–Crippen LogP) is 3.98. The van der Waals surface area contributed by atoms with E-state index >= 15 is 0 Å². The van der Waals surface area contributed by atoms with Gasteiger partial charge in [-0.05, 0) is 74.3 Å². The second kappa shape index (κ2) is 9.69. The van der Waals surface area contributed by atoms with E-state index in [1.165, 1.54) is 35.6 Å². The molecule has 2 aliphatic carbocycles. The molecule has 4 fully saturated rings. The molecule has 1 spiro atoms. The predicted molar refractivity (Wildman–Crippen MR) is 145 cm³/mol. The molecule has 2 saturated carbocycles. The number of benzene rings is 1. The molecule has 210 valence electrons. The molecule has 0 radical (unpaired) electrons. The number of amides is 1. The van der Waals surface area contributed by atoms with Crippen molar-refractivity contribution >= 4 is 27.1 Å². The van der Waals surface area contributed by atoms with Crippen LogP contribution in [-0.2, 0) is 9.84 Å². The number of pyridine rings is 1. The van der Waals surface area contributed by atoms with Gasteiger partial charge in [0.05, 0.1) is 21.4 Å². The maximum atomic E-state index is 13.7. The Hall–Kier alpha value is -2.79. The lowest BCUT2D eigenvalue weighted by atomic mass is 9.92. The van der Waals surface area contributed by atoms with Gasteiger partial charge >= 0.3 is 0 Å². The standard InChI is InChI=1S/C28H34F2N4O4S/c29-28(30)7-5-19(6-8-28)34-13-1-2-23(26(34)36)32-25(35)22-4-3-20(39(37,38)21-17-31-18-21)16-24(22)33-14-11-27(9-10-27)12-15-33/h1-4,13,16,19,21,31H,5-12,14-15,17-18H2,(H,32,35). The molecule has 0 unspecified atom stereocenters. The van der Waals surface area contributed by atoms with E-state index in [2.05, 4.69) is 15.5 Å². The minimum Gasteiger partial charge on any atom is -0.371 e. The molecule has 4 aliphatic rings. The van der Waals surface area contributed by atoms with Crippen LogP contribution in [0.15, 0.2) is 46.2 Å². The molecular formula is C28H34F2N4O4S. The second-order valence-electron chi connectivity index (χ2n) is 11.7. The van der Waals surface area contributed by atoms with Crippen LogP contribution in [0.2, 0.25) is 0 Å². The molecule has 2 aliphatic heterocycles. The van der Waals surface area contributed by atoms with Crippen molar-refractivity contribution in [2.75, 3.05) is 36.4 Å². The highest BCUT2D eigenvalue weighted by Gasteiger charge is 2.45. The van der Waals surface area contributed by atoms with E-state index in [4.69, 9.17) is 0 Å². The van der Waals surface area contributed by atoms with E-state index in [1.54, 1.807) is 18.3 Å². The summed E-state index contributed by atoms with van der Waals surface area (Å²) in [7, 11) is -3.54. The van der Waals surface area contributed by atoms with Crippen molar-refractivity contribution in [2.45, 2.75) is 73.5 Å². The van der Waals surface area contributed by atoms with Crippen LogP contribution >= 0.6 is 0 Å². The molecule has 1 aromatic heterocycles. The number of sulfone groups is 1. The summed E-state index contributed by atoms with van der Waals surface area (Å²) in [4.78, 5) is 29.1. The van der Waals surface area contributed by atoms with Crippen molar-refractivity contribution in [3.8, 4) is 0 Å². The van der Waals surface area contributed by atoms with Crippen LogP contribution in [-0.4, -0.2) is 56.2 Å². The van der Waals surface area contributed by atoms with E-state index in [1.807, 2.05) is 0 Å². The summed E-state index contributed by atoms with van der Waals surface area (Å²) in [5, 5.41) is 5.25. The Morgan fingerprint density at radius 1 is 1.00 bits per heavy atom. The van der Waals surface area contributed by atoms with Gasteiger partial charge in [-0.3, -0.25) is 9.59 Å². The quantitative estimate of drug-likeness (QED) is 0.555. The van der Waals surface area contributed by atoms with Crippen LogP contribution < -0.4 is 21.1 Å². The van der Waals surface area contributed by atoms with Crippen molar-refractivity contribution in [3.63, 3.8) is 0 Å². The van der Waals surface area contributed by atoms with Crippen molar-refractivity contribution in [1.29, 1.82) is 0 Å². The Morgan fingerprint density at radius 2 is 1.69 bits per heavy atom. The molecule has 6 rings (SSSR count). The number of hydrogen-bond donors (Lipinski definition) is 2. The largest absolute Gasteiger partial charge is 0.371 e. The fourth-order valence-electron chi connectivity index (χ4n) is 6.10. The van der Waals surface area contributed by atoms with Crippen LogP contribution in [0.3, 0.4) is 0 Å². The average molecular weight is 561 g/mol. The summed E-state index contributed by atoms with van der Waals surface area (Å²) in [5.41, 5.74) is 0.895. The van der Waals surface area contributed by atoms with Gasteiger partial charge in [-0.15, -0.1) is 0 Å². The molecule has 0 bridgehead atoms. The molecule has 11 heteroatoms. The van der Waals surface area contributed by atoms with E-state index < -0.39 is 32.5 Å². The highest BCUT2D eigenvalue weighted by atomic mass is 32.2. The monoisotopic (exact) mass is 560 g/mol. The molecule has 8 nitrogen and oxygen atoms in total. The first-order valence-electron chi connectivity index (χ1n) is 13.8. The average Bonchev–Trinajstić information content (AvgIpc) is 3.63. The van der Waals surface area contributed by atoms with E-state index in [0.29, 0.717) is 29.8 Å². The number of nitrogens with zero attached hydrogens (tertiary/aromatic N) is 2. The summed E-state index contributed by atoms with van der Waals surface area (Å²) < 4.78 is 55.1. The third kappa shape index (κ3) is 5.11. The zero-order valence-electron chi connectivity index (χ0n) is 21.8. The fraction of sp³-hybridized carbons (Fsp3) is 0.571. The third-order valence-electron chi connectivity index (χ3n) is 9.15. The van der Waals surface area contributed by atoms with Gasteiger partial charge in [0.15, 0.2) is 9.84 Å². The maximum absolute atomic E-state index is 13.7. The van der Waals surface area contributed by atoms with Crippen LogP contribution in [0.4, 0.5) is 20.2 Å². The smallest absolute Gasteiger partial charge is 0.274 e. The first-order valence-corrected chi connectivity index (χ1v) is 15.4. The highest BCUT2D eigenvalue weighted by Crippen LogP contribution is 2.54. The lowest BCUT2D eigenvalue weighted by Gasteiger charge is -2.35. The van der Waals surface area contributed by atoms with Gasteiger partial charge in [-0.2, -0.15) is 0 Å². The lowest BCUT2D eigenvalue weighted by molar-refractivity contribution is -0.0442. The van der Waals surface area contributed by atoms with E-state index in [9.17, 15) is 26.8 Å².